The van der Waals surface area contributed by atoms with Crippen molar-refractivity contribution in [2.24, 2.45) is 0 Å². The van der Waals surface area contributed by atoms with Crippen molar-refractivity contribution in [2.45, 2.75) is 26.9 Å². The average molecular weight is 311 g/mol. The quantitative estimate of drug-likeness (QED) is 0.915. The normalized spacial score (nSPS) is 10.8. The first-order valence-corrected chi connectivity index (χ1v) is 6.99. The molecule has 0 fully saturated rings. The Hall–Kier alpha value is -1.95. The highest BCUT2D eigenvalue weighted by atomic mass is 35.5. The second kappa shape index (κ2) is 6.67. The Balaban J connectivity index is 2.48. The van der Waals surface area contributed by atoms with E-state index >= 15 is 0 Å². The van der Waals surface area contributed by atoms with E-state index in [1.165, 1.54) is 18.2 Å². The number of aromatic nitrogens is 3. The van der Waals surface area contributed by atoms with E-state index in [2.05, 4.69) is 20.3 Å². The molecule has 0 radical (unpaired) electrons. The Labute approximate surface area is 127 Å². The molecule has 0 saturated heterocycles. The lowest BCUT2D eigenvalue weighted by Crippen LogP contribution is -2.12. The third-order valence-corrected chi connectivity index (χ3v) is 2.78. The number of nitrogens with one attached hydrogen (secondary N) is 1. The van der Waals surface area contributed by atoms with Crippen LogP contribution in [0.15, 0.2) is 18.2 Å². The highest BCUT2D eigenvalue weighted by molar-refractivity contribution is 6.33. The van der Waals surface area contributed by atoms with Crippen molar-refractivity contribution in [1.29, 1.82) is 0 Å². The average Bonchev–Trinajstić information content (AvgIpc) is 2.37. The molecule has 5 nitrogen and oxygen atoms in total. The lowest BCUT2D eigenvalue weighted by atomic mass is 10.2. The molecule has 2 aromatic rings. The molecule has 0 aliphatic rings. The Bertz CT molecular complexity index is 636. The second-order valence-corrected chi connectivity index (χ2v) is 4.99. The van der Waals surface area contributed by atoms with Gasteiger partial charge in [-0.15, -0.1) is 0 Å². The summed E-state index contributed by atoms with van der Waals surface area (Å²) >= 11 is 6.05. The van der Waals surface area contributed by atoms with Gasteiger partial charge in [0.1, 0.15) is 5.82 Å². The SMILES string of the molecule is CCNc1nc(OC(C)C)nc(-c2ccc(F)cc2Cl)n1. The molecule has 1 aromatic heterocycles. The first kappa shape index (κ1) is 15.4. The minimum absolute atomic E-state index is 0.0709. The lowest BCUT2D eigenvalue weighted by Gasteiger charge is -2.11. The van der Waals surface area contributed by atoms with Crippen LogP contribution < -0.4 is 10.1 Å². The Kier molecular flexibility index (Phi) is 4.90. The third kappa shape index (κ3) is 4.01. The first-order chi connectivity index (χ1) is 9.99. The summed E-state index contributed by atoms with van der Waals surface area (Å²) in [5.74, 6) is 0.309. The van der Waals surface area contributed by atoms with E-state index in [4.69, 9.17) is 16.3 Å². The van der Waals surface area contributed by atoms with Crippen LogP contribution in [-0.2, 0) is 0 Å². The molecule has 112 valence electrons. The lowest BCUT2D eigenvalue weighted by molar-refractivity contribution is 0.222. The van der Waals surface area contributed by atoms with E-state index < -0.39 is 5.82 Å². The predicted molar refractivity (Wildman–Crippen MR) is 80.2 cm³/mol. The number of rotatable bonds is 5. The van der Waals surface area contributed by atoms with Crippen molar-refractivity contribution in [1.82, 2.24) is 15.0 Å². The van der Waals surface area contributed by atoms with Gasteiger partial charge in [0.2, 0.25) is 5.95 Å². The van der Waals surface area contributed by atoms with Crippen molar-refractivity contribution in [3.05, 3.63) is 29.0 Å². The second-order valence-electron chi connectivity index (χ2n) is 4.59. The van der Waals surface area contributed by atoms with Crippen molar-refractivity contribution in [2.75, 3.05) is 11.9 Å². The highest BCUT2D eigenvalue weighted by Gasteiger charge is 2.13. The van der Waals surface area contributed by atoms with E-state index in [0.29, 0.717) is 23.9 Å². The van der Waals surface area contributed by atoms with Crippen LogP contribution in [0.5, 0.6) is 6.01 Å². The molecule has 1 heterocycles. The van der Waals surface area contributed by atoms with Crippen LogP contribution in [0, 0.1) is 5.82 Å². The van der Waals surface area contributed by atoms with Crippen molar-refractivity contribution >= 4 is 17.5 Å². The molecule has 1 N–H and O–H groups in total. The van der Waals surface area contributed by atoms with Gasteiger partial charge >= 0.3 is 6.01 Å². The summed E-state index contributed by atoms with van der Waals surface area (Å²) in [7, 11) is 0. The minimum atomic E-state index is -0.414. The largest absolute Gasteiger partial charge is 0.461 e. The maximum atomic E-state index is 13.1. The fourth-order valence-corrected chi connectivity index (χ4v) is 1.90. The van der Waals surface area contributed by atoms with Crippen LogP contribution in [0.3, 0.4) is 0 Å². The van der Waals surface area contributed by atoms with Gasteiger partial charge in [-0.25, -0.2) is 4.39 Å². The van der Waals surface area contributed by atoms with E-state index in [-0.39, 0.29) is 17.1 Å². The number of halogens is 2. The minimum Gasteiger partial charge on any atom is -0.461 e. The van der Waals surface area contributed by atoms with E-state index in [0.717, 1.165) is 0 Å². The zero-order chi connectivity index (χ0) is 15.4. The van der Waals surface area contributed by atoms with E-state index in [9.17, 15) is 4.39 Å². The predicted octanol–water partition coefficient (Wildman–Crippen LogP) is 3.55. The Morgan fingerprint density at radius 3 is 2.67 bits per heavy atom. The summed E-state index contributed by atoms with van der Waals surface area (Å²) in [6, 6.07) is 4.26. The van der Waals surface area contributed by atoms with Gasteiger partial charge < -0.3 is 10.1 Å². The van der Waals surface area contributed by atoms with Gasteiger partial charge in [0, 0.05) is 12.1 Å². The van der Waals surface area contributed by atoms with Gasteiger partial charge in [0.05, 0.1) is 11.1 Å². The fraction of sp³-hybridized carbons (Fsp3) is 0.357. The number of ether oxygens (including phenoxy) is 1. The van der Waals surface area contributed by atoms with Crippen LogP contribution in [0.25, 0.3) is 11.4 Å². The summed E-state index contributed by atoms with van der Waals surface area (Å²) < 4.78 is 18.6. The zero-order valence-electron chi connectivity index (χ0n) is 12.0. The van der Waals surface area contributed by atoms with Crippen LogP contribution in [-0.4, -0.2) is 27.6 Å². The molecule has 0 spiro atoms. The smallest absolute Gasteiger partial charge is 0.322 e. The van der Waals surface area contributed by atoms with Crippen molar-refractivity contribution in [3.63, 3.8) is 0 Å². The van der Waals surface area contributed by atoms with Gasteiger partial charge in [-0.1, -0.05) is 11.6 Å². The highest BCUT2D eigenvalue weighted by Crippen LogP contribution is 2.27. The number of nitrogens with zero attached hydrogens (tertiary/aromatic N) is 3. The van der Waals surface area contributed by atoms with Crippen LogP contribution in [0.1, 0.15) is 20.8 Å². The van der Waals surface area contributed by atoms with Gasteiger partial charge in [-0.3, -0.25) is 0 Å². The molecule has 0 atom stereocenters. The van der Waals surface area contributed by atoms with Gasteiger partial charge in [-0.2, -0.15) is 15.0 Å². The molecule has 0 amide bonds. The summed E-state index contributed by atoms with van der Waals surface area (Å²) in [4.78, 5) is 12.7. The zero-order valence-corrected chi connectivity index (χ0v) is 12.8. The van der Waals surface area contributed by atoms with E-state index in [1.807, 2.05) is 20.8 Å². The molecule has 21 heavy (non-hydrogen) atoms. The topological polar surface area (TPSA) is 59.9 Å². The molecular weight excluding hydrogens is 295 g/mol. The molecule has 1 aromatic carbocycles. The number of hydrogen-bond donors (Lipinski definition) is 1. The van der Waals surface area contributed by atoms with Crippen molar-refractivity contribution in [3.8, 4) is 17.4 Å². The van der Waals surface area contributed by atoms with Crippen LogP contribution in [0.2, 0.25) is 5.02 Å². The molecule has 0 unspecified atom stereocenters. The maximum absolute atomic E-state index is 13.1. The standard InChI is InChI=1S/C14H16ClFN4O/c1-4-17-13-18-12(19-14(20-13)21-8(2)3)10-6-5-9(16)7-11(10)15/h5-8H,4H2,1-3H3,(H,17,18,19,20). The van der Waals surface area contributed by atoms with Crippen LogP contribution in [0.4, 0.5) is 10.3 Å². The number of anilines is 1. The Morgan fingerprint density at radius 2 is 2.05 bits per heavy atom. The molecule has 2 rings (SSSR count). The molecule has 0 aliphatic carbocycles. The third-order valence-electron chi connectivity index (χ3n) is 2.46. The molecule has 0 bridgehead atoms. The maximum Gasteiger partial charge on any atom is 0.322 e. The monoisotopic (exact) mass is 310 g/mol. The number of benzene rings is 1. The summed E-state index contributed by atoms with van der Waals surface area (Å²) in [5.41, 5.74) is 0.522. The van der Waals surface area contributed by atoms with Gasteiger partial charge in [0.25, 0.3) is 0 Å². The number of hydrogen-bond acceptors (Lipinski definition) is 5. The molecular formula is C14H16ClFN4O. The summed E-state index contributed by atoms with van der Waals surface area (Å²) in [6.45, 7) is 6.33. The van der Waals surface area contributed by atoms with E-state index in [1.54, 1.807) is 0 Å². The van der Waals surface area contributed by atoms with Gasteiger partial charge in [0.15, 0.2) is 5.82 Å². The molecule has 0 aliphatic heterocycles. The first-order valence-electron chi connectivity index (χ1n) is 6.61. The summed E-state index contributed by atoms with van der Waals surface area (Å²) in [6.07, 6.45) is -0.0709. The van der Waals surface area contributed by atoms with Gasteiger partial charge in [-0.05, 0) is 39.0 Å². The van der Waals surface area contributed by atoms with Crippen molar-refractivity contribution < 1.29 is 9.13 Å². The molecule has 0 saturated carbocycles. The fourth-order valence-electron chi connectivity index (χ4n) is 1.65. The molecule has 7 heteroatoms. The summed E-state index contributed by atoms with van der Waals surface area (Å²) in [5, 5.41) is 3.24. The van der Waals surface area contributed by atoms with Crippen LogP contribution >= 0.6 is 11.6 Å². The Morgan fingerprint density at radius 1 is 1.29 bits per heavy atom.